The number of hydrogen-bond donors (Lipinski definition) is 2. The average molecular weight is 318 g/mol. The van der Waals surface area contributed by atoms with Crippen LogP contribution in [-0.4, -0.2) is 33.7 Å². The lowest BCUT2D eigenvalue weighted by molar-refractivity contribution is -0.0608. The quantitative estimate of drug-likeness (QED) is 0.915. The molecule has 4 nitrogen and oxygen atoms in total. The van der Waals surface area contributed by atoms with Crippen molar-refractivity contribution in [1.82, 2.24) is 9.88 Å². The summed E-state index contributed by atoms with van der Waals surface area (Å²) in [7, 11) is 0. The standard InChI is InChI=1S/C18H23FN2O2/c1-3-14-11-21(7-6-18(14,2)23)10-13-8-12-4-5-15(19)9-16(12)20-17(13)22/h4-5,8-9,14,23H,3,6-7,10-11H2,1-2H3,(H,20,22)/t14-,18+/m1/s1. The number of rotatable bonds is 3. The summed E-state index contributed by atoms with van der Waals surface area (Å²) in [6.45, 7) is 6.08. The first-order valence-electron chi connectivity index (χ1n) is 8.15. The molecule has 0 saturated carbocycles. The molecule has 0 spiro atoms. The van der Waals surface area contributed by atoms with E-state index in [0.29, 0.717) is 24.0 Å². The maximum Gasteiger partial charge on any atom is 0.252 e. The number of likely N-dealkylation sites (tertiary alicyclic amines) is 1. The Hall–Kier alpha value is -1.72. The molecular weight excluding hydrogens is 295 g/mol. The predicted octanol–water partition coefficient (Wildman–Crippen LogP) is 2.65. The van der Waals surface area contributed by atoms with Crippen molar-refractivity contribution in [3.05, 3.63) is 46.0 Å². The van der Waals surface area contributed by atoms with Gasteiger partial charge in [0.25, 0.3) is 5.56 Å². The topological polar surface area (TPSA) is 56.3 Å². The van der Waals surface area contributed by atoms with Gasteiger partial charge < -0.3 is 10.1 Å². The number of aliphatic hydroxyl groups is 1. The zero-order valence-electron chi connectivity index (χ0n) is 13.6. The maximum absolute atomic E-state index is 13.2. The van der Waals surface area contributed by atoms with Crippen LogP contribution >= 0.6 is 0 Å². The first-order chi connectivity index (χ1) is 10.9. The number of hydrogen-bond acceptors (Lipinski definition) is 3. The number of H-pyrrole nitrogens is 1. The second-order valence-corrected chi connectivity index (χ2v) is 6.80. The Kier molecular flexibility index (Phi) is 4.25. The summed E-state index contributed by atoms with van der Waals surface area (Å²) in [6, 6.07) is 6.25. The fraction of sp³-hybridized carbons (Fsp3) is 0.500. The number of halogens is 1. The van der Waals surface area contributed by atoms with Gasteiger partial charge in [-0.3, -0.25) is 9.69 Å². The second kappa shape index (κ2) is 6.06. The number of aromatic amines is 1. The van der Waals surface area contributed by atoms with E-state index in [2.05, 4.69) is 16.8 Å². The van der Waals surface area contributed by atoms with E-state index in [1.165, 1.54) is 12.1 Å². The van der Waals surface area contributed by atoms with Crippen LogP contribution in [0.2, 0.25) is 0 Å². The third-order valence-electron chi connectivity index (χ3n) is 5.06. The molecule has 1 saturated heterocycles. The smallest absolute Gasteiger partial charge is 0.252 e. The molecule has 0 unspecified atom stereocenters. The molecule has 23 heavy (non-hydrogen) atoms. The normalized spacial score (nSPS) is 25.8. The molecule has 0 amide bonds. The summed E-state index contributed by atoms with van der Waals surface area (Å²) in [6.07, 6.45) is 1.62. The van der Waals surface area contributed by atoms with Gasteiger partial charge in [-0.1, -0.05) is 6.92 Å². The van der Waals surface area contributed by atoms with Crippen molar-refractivity contribution in [2.75, 3.05) is 13.1 Å². The Labute approximate surface area is 134 Å². The van der Waals surface area contributed by atoms with E-state index in [-0.39, 0.29) is 17.3 Å². The third-order valence-corrected chi connectivity index (χ3v) is 5.06. The molecule has 0 aliphatic carbocycles. The number of benzene rings is 1. The van der Waals surface area contributed by atoms with Gasteiger partial charge in [-0.05, 0) is 55.3 Å². The summed E-state index contributed by atoms with van der Waals surface area (Å²) in [4.78, 5) is 17.2. The van der Waals surface area contributed by atoms with Crippen LogP contribution in [0.15, 0.2) is 29.1 Å². The molecule has 1 fully saturated rings. The fourth-order valence-corrected chi connectivity index (χ4v) is 3.48. The molecule has 0 bridgehead atoms. The Morgan fingerprint density at radius 1 is 1.43 bits per heavy atom. The molecule has 1 aromatic carbocycles. The van der Waals surface area contributed by atoms with E-state index in [1.807, 2.05) is 13.0 Å². The first kappa shape index (κ1) is 16.1. The highest BCUT2D eigenvalue weighted by Crippen LogP contribution is 2.30. The van der Waals surface area contributed by atoms with Crippen LogP contribution in [-0.2, 0) is 6.54 Å². The third kappa shape index (κ3) is 3.31. The molecule has 1 aliphatic rings. The Bertz CT molecular complexity index is 769. The molecule has 2 aromatic rings. The van der Waals surface area contributed by atoms with Crippen molar-refractivity contribution in [2.45, 2.75) is 38.8 Å². The van der Waals surface area contributed by atoms with Gasteiger partial charge in [0, 0.05) is 25.2 Å². The van der Waals surface area contributed by atoms with Gasteiger partial charge >= 0.3 is 0 Å². The van der Waals surface area contributed by atoms with Gasteiger partial charge in [0.05, 0.1) is 11.1 Å². The lowest BCUT2D eigenvalue weighted by Gasteiger charge is -2.42. The molecular formula is C18H23FN2O2. The predicted molar refractivity (Wildman–Crippen MR) is 88.8 cm³/mol. The first-order valence-corrected chi connectivity index (χ1v) is 8.15. The van der Waals surface area contributed by atoms with Crippen molar-refractivity contribution in [1.29, 1.82) is 0 Å². The average Bonchev–Trinajstić information content (AvgIpc) is 2.49. The SMILES string of the molecule is CC[C@@H]1CN(Cc2cc3ccc(F)cc3[nH]c2=O)CC[C@]1(C)O. The minimum absolute atomic E-state index is 0.173. The molecule has 1 aliphatic heterocycles. The minimum atomic E-state index is -0.626. The van der Waals surface area contributed by atoms with Crippen molar-refractivity contribution < 1.29 is 9.50 Å². The number of nitrogens with one attached hydrogen (secondary N) is 1. The Morgan fingerprint density at radius 3 is 2.96 bits per heavy atom. The lowest BCUT2D eigenvalue weighted by atomic mass is 9.81. The highest BCUT2D eigenvalue weighted by molar-refractivity contribution is 5.78. The van der Waals surface area contributed by atoms with Crippen molar-refractivity contribution in [3.63, 3.8) is 0 Å². The van der Waals surface area contributed by atoms with Gasteiger partial charge in [-0.25, -0.2) is 4.39 Å². The zero-order chi connectivity index (χ0) is 16.6. The van der Waals surface area contributed by atoms with Crippen LogP contribution in [0.3, 0.4) is 0 Å². The van der Waals surface area contributed by atoms with Gasteiger partial charge in [0.2, 0.25) is 0 Å². The summed E-state index contributed by atoms with van der Waals surface area (Å²) in [5.74, 6) is -0.144. The summed E-state index contributed by atoms with van der Waals surface area (Å²) in [5.41, 5.74) is 0.402. The van der Waals surface area contributed by atoms with E-state index in [1.54, 1.807) is 6.07 Å². The summed E-state index contributed by atoms with van der Waals surface area (Å²) in [5, 5.41) is 11.2. The van der Waals surface area contributed by atoms with Gasteiger partial charge in [-0.2, -0.15) is 0 Å². The maximum atomic E-state index is 13.2. The second-order valence-electron chi connectivity index (χ2n) is 6.80. The van der Waals surface area contributed by atoms with Crippen LogP contribution in [0.25, 0.3) is 10.9 Å². The zero-order valence-corrected chi connectivity index (χ0v) is 13.6. The minimum Gasteiger partial charge on any atom is -0.390 e. The van der Waals surface area contributed by atoms with E-state index >= 15 is 0 Å². The number of nitrogens with zero attached hydrogens (tertiary/aromatic N) is 1. The van der Waals surface area contributed by atoms with Crippen molar-refractivity contribution in [2.24, 2.45) is 5.92 Å². The molecule has 0 radical (unpaired) electrons. The van der Waals surface area contributed by atoms with Crippen molar-refractivity contribution in [3.8, 4) is 0 Å². The summed E-state index contributed by atoms with van der Waals surface area (Å²) >= 11 is 0. The number of pyridine rings is 1. The van der Waals surface area contributed by atoms with Crippen LogP contribution in [0.5, 0.6) is 0 Å². The molecule has 3 rings (SSSR count). The number of fused-ring (bicyclic) bond motifs is 1. The van der Waals surface area contributed by atoms with Crippen LogP contribution in [0.4, 0.5) is 4.39 Å². The van der Waals surface area contributed by atoms with E-state index in [4.69, 9.17) is 0 Å². The fourth-order valence-electron chi connectivity index (χ4n) is 3.48. The molecule has 2 atom stereocenters. The van der Waals surface area contributed by atoms with E-state index < -0.39 is 5.60 Å². The van der Waals surface area contributed by atoms with Gasteiger partial charge in [0.15, 0.2) is 0 Å². The summed E-state index contributed by atoms with van der Waals surface area (Å²) < 4.78 is 13.2. The van der Waals surface area contributed by atoms with Crippen LogP contribution in [0, 0.1) is 11.7 Å². The molecule has 2 N–H and O–H groups in total. The van der Waals surface area contributed by atoms with Crippen molar-refractivity contribution >= 4 is 10.9 Å². The molecule has 124 valence electrons. The van der Waals surface area contributed by atoms with E-state index in [0.717, 1.165) is 24.9 Å². The van der Waals surface area contributed by atoms with Crippen LogP contribution < -0.4 is 5.56 Å². The molecule has 2 heterocycles. The van der Waals surface area contributed by atoms with Gasteiger partial charge in [0.1, 0.15) is 5.82 Å². The molecule has 1 aromatic heterocycles. The Balaban J connectivity index is 1.83. The number of aromatic nitrogens is 1. The van der Waals surface area contributed by atoms with E-state index in [9.17, 15) is 14.3 Å². The number of piperidine rings is 1. The lowest BCUT2D eigenvalue weighted by Crippen LogP contribution is -2.49. The molecule has 5 heteroatoms. The largest absolute Gasteiger partial charge is 0.390 e. The highest BCUT2D eigenvalue weighted by Gasteiger charge is 2.36. The Morgan fingerprint density at radius 2 is 2.22 bits per heavy atom. The highest BCUT2D eigenvalue weighted by atomic mass is 19.1. The monoisotopic (exact) mass is 318 g/mol. The van der Waals surface area contributed by atoms with Crippen LogP contribution in [0.1, 0.15) is 32.3 Å². The van der Waals surface area contributed by atoms with Gasteiger partial charge in [-0.15, -0.1) is 0 Å².